The second-order valence-electron chi connectivity index (χ2n) is 5.56. The Labute approximate surface area is 107 Å². The van der Waals surface area contributed by atoms with E-state index in [1.54, 1.807) is 4.90 Å². The van der Waals surface area contributed by atoms with E-state index < -0.39 is 5.41 Å². The number of aryl methyl sites for hydroxylation is 1. The summed E-state index contributed by atoms with van der Waals surface area (Å²) in [6.07, 6.45) is 0.730. The lowest BCUT2D eigenvalue weighted by molar-refractivity contribution is -0.140. The first kappa shape index (κ1) is 12.9. The Hall–Kier alpha value is -1.58. The highest BCUT2D eigenvalue weighted by atomic mass is 16.3. The fourth-order valence-corrected chi connectivity index (χ4v) is 2.27. The first-order chi connectivity index (χ1) is 8.38. The molecule has 0 aliphatic carbocycles. The van der Waals surface area contributed by atoms with Crippen molar-refractivity contribution in [1.82, 2.24) is 4.90 Å². The summed E-state index contributed by atoms with van der Waals surface area (Å²) in [5, 5.41) is 0. The maximum atomic E-state index is 12.1. The fourth-order valence-electron chi connectivity index (χ4n) is 2.27. The largest absolute Gasteiger partial charge is 0.466 e. The van der Waals surface area contributed by atoms with Gasteiger partial charge in [0.05, 0.1) is 6.42 Å². The predicted molar refractivity (Wildman–Crippen MR) is 67.1 cm³/mol. The smallest absolute Gasteiger partial charge is 0.230 e. The van der Waals surface area contributed by atoms with Crippen molar-refractivity contribution < 1.29 is 14.0 Å². The summed E-state index contributed by atoms with van der Waals surface area (Å²) in [6, 6.07) is 3.68. The molecule has 2 heterocycles. The normalized spacial score (nSPS) is 19.1. The quantitative estimate of drug-likeness (QED) is 0.805. The van der Waals surface area contributed by atoms with Crippen molar-refractivity contribution in [2.24, 2.45) is 5.41 Å². The summed E-state index contributed by atoms with van der Waals surface area (Å²) in [6.45, 7) is 6.68. The van der Waals surface area contributed by atoms with Crippen LogP contribution in [0.15, 0.2) is 16.5 Å². The number of hydrogen-bond donors (Lipinski definition) is 0. The molecule has 1 aromatic rings. The lowest BCUT2D eigenvalue weighted by Gasteiger charge is -2.36. The molecule has 98 valence electrons. The Kier molecular flexibility index (Phi) is 3.28. The van der Waals surface area contributed by atoms with E-state index in [0.29, 0.717) is 25.3 Å². The molecule has 1 aliphatic heterocycles. The number of amides is 1. The second-order valence-corrected chi connectivity index (χ2v) is 5.56. The Morgan fingerprint density at radius 1 is 1.44 bits per heavy atom. The molecule has 2 rings (SSSR count). The average Bonchev–Trinajstić information content (AvgIpc) is 2.68. The fraction of sp³-hybridized carbons (Fsp3) is 0.571. The van der Waals surface area contributed by atoms with Crippen molar-refractivity contribution in [1.29, 1.82) is 0 Å². The SMILES string of the molecule is Cc1ccc(CC(=O)N2CCC(=O)C(C)(C)C2)o1. The highest BCUT2D eigenvalue weighted by Crippen LogP contribution is 2.25. The van der Waals surface area contributed by atoms with Crippen LogP contribution in [0.2, 0.25) is 0 Å². The Morgan fingerprint density at radius 2 is 2.17 bits per heavy atom. The minimum absolute atomic E-state index is 0.0323. The van der Waals surface area contributed by atoms with Gasteiger partial charge in [0.1, 0.15) is 17.3 Å². The molecule has 0 saturated carbocycles. The molecule has 18 heavy (non-hydrogen) atoms. The molecule has 1 fully saturated rings. The van der Waals surface area contributed by atoms with Crippen molar-refractivity contribution in [2.45, 2.75) is 33.6 Å². The summed E-state index contributed by atoms with van der Waals surface area (Å²) in [7, 11) is 0. The van der Waals surface area contributed by atoms with E-state index >= 15 is 0 Å². The molecule has 1 aromatic heterocycles. The van der Waals surface area contributed by atoms with Crippen LogP contribution in [0.3, 0.4) is 0 Å². The van der Waals surface area contributed by atoms with Gasteiger partial charge in [0.15, 0.2) is 0 Å². The predicted octanol–water partition coefficient (Wildman–Crippen LogP) is 1.96. The van der Waals surface area contributed by atoms with Gasteiger partial charge in [-0.3, -0.25) is 9.59 Å². The van der Waals surface area contributed by atoms with Gasteiger partial charge < -0.3 is 9.32 Å². The second kappa shape index (κ2) is 4.59. The van der Waals surface area contributed by atoms with Crippen LogP contribution >= 0.6 is 0 Å². The zero-order valence-corrected chi connectivity index (χ0v) is 11.2. The van der Waals surface area contributed by atoms with Crippen LogP contribution in [0, 0.1) is 12.3 Å². The summed E-state index contributed by atoms with van der Waals surface area (Å²) in [4.78, 5) is 25.6. The van der Waals surface area contributed by atoms with E-state index in [1.165, 1.54) is 0 Å². The van der Waals surface area contributed by atoms with E-state index in [1.807, 2.05) is 32.9 Å². The molecule has 0 spiro atoms. The van der Waals surface area contributed by atoms with Crippen molar-refractivity contribution in [3.05, 3.63) is 23.7 Å². The zero-order valence-electron chi connectivity index (χ0n) is 11.2. The van der Waals surface area contributed by atoms with Gasteiger partial charge in [-0.25, -0.2) is 0 Å². The van der Waals surface area contributed by atoms with Gasteiger partial charge in [-0.2, -0.15) is 0 Å². The maximum absolute atomic E-state index is 12.1. The van der Waals surface area contributed by atoms with Crippen LogP contribution < -0.4 is 0 Å². The van der Waals surface area contributed by atoms with Crippen LogP contribution in [0.25, 0.3) is 0 Å². The molecule has 0 N–H and O–H groups in total. The molecular formula is C14H19NO3. The molecule has 0 atom stereocenters. The Balaban J connectivity index is 2.00. The number of likely N-dealkylation sites (tertiary alicyclic amines) is 1. The lowest BCUT2D eigenvalue weighted by atomic mass is 9.82. The molecule has 1 amide bonds. The average molecular weight is 249 g/mol. The number of hydrogen-bond acceptors (Lipinski definition) is 3. The molecule has 0 radical (unpaired) electrons. The number of furan rings is 1. The third kappa shape index (κ3) is 2.63. The molecule has 4 heteroatoms. The van der Waals surface area contributed by atoms with Gasteiger partial charge in [-0.15, -0.1) is 0 Å². The first-order valence-electron chi connectivity index (χ1n) is 6.25. The molecule has 0 aromatic carbocycles. The van der Waals surface area contributed by atoms with E-state index in [9.17, 15) is 9.59 Å². The number of ketones is 1. The van der Waals surface area contributed by atoms with E-state index in [2.05, 4.69) is 0 Å². The van der Waals surface area contributed by atoms with Crippen LogP contribution in [0.4, 0.5) is 0 Å². The highest BCUT2D eigenvalue weighted by Gasteiger charge is 2.36. The van der Waals surface area contributed by atoms with E-state index in [-0.39, 0.29) is 18.1 Å². The molecule has 0 bridgehead atoms. The number of piperidine rings is 1. The zero-order chi connectivity index (χ0) is 13.3. The van der Waals surface area contributed by atoms with Gasteiger partial charge >= 0.3 is 0 Å². The number of nitrogens with zero attached hydrogens (tertiary/aromatic N) is 1. The molecule has 1 saturated heterocycles. The molecule has 4 nitrogen and oxygen atoms in total. The molecule has 1 aliphatic rings. The third-order valence-electron chi connectivity index (χ3n) is 3.42. The van der Waals surface area contributed by atoms with Crippen molar-refractivity contribution in [2.75, 3.05) is 13.1 Å². The number of carbonyl (C=O) groups excluding carboxylic acids is 2. The highest BCUT2D eigenvalue weighted by molar-refractivity contribution is 5.88. The van der Waals surface area contributed by atoms with Crippen molar-refractivity contribution in [3.63, 3.8) is 0 Å². The topological polar surface area (TPSA) is 50.5 Å². The number of carbonyl (C=O) groups is 2. The van der Waals surface area contributed by atoms with Gasteiger partial charge in [0.2, 0.25) is 5.91 Å². The summed E-state index contributed by atoms with van der Waals surface area (Å²) < 4.78 is 5.40. The standard InChI is InChI=1S/C14H19NO3/c1-10-4-5-11(18-10)8-13(17)15-7-6-12(16)14(2,3)9-15/h4-5H,6-9H2,1-3H3. The van der Waals surface area contributed by atoms with Gasteiger partial charge in [0.25, 0.3) is 0 Å². The van der Waals surface area contributed by atoms with E-state index in [4.69, 9.17) is 4.42 Å². The minimum atomic E-state index is -0.424. The van der Waals surface area contributed by atoms with Crippen LogP contribution in [-0.2, 0) is 16.0 Å². The first-order valence-corrected chi connectivity index (χ1v) is 6.25. The van der Waals surface area contributed by atoms with Crippen LogP contribution in [0.5, 0.6) is 0 Å². The number of rotatable bonds is 2. The minimum Gasteiger partial charge on any atom is -0.466 e. The van der Waals surface area contributed by atoms with Crippen LogP contribution in [-0.4, -0.2) is 29.7 Å². The Bertz CT molecular complexity index is 473. The summed E-state index contributed by atoms with van der Waals surface area (Å²) in [5.41, 5.74) is -0.424. The third-order valence-corrected chi connectivity index (χ3v) is 3.42. The van der Waals surface area contributed by atoms with Crippen LogP contribution in [0.1, 0.15) is 31.8 Å². The summed E-state index contributed by atoms with van der Waals surface area (Å²) >= 11 is 0. The van der Waals surface area contributed by atoms with Crippen molar-refractivity contribution in [3.8, 4) is 0 Å². The lowest BCUT2D eigenvalue weighted by Crippen LogP contribution is -2.49. The van der Waals surface area contributed by atoms with E-state index in [0.717, 1.165) is 5.76 Å². The molecular weight excluding hydrogens is 230 g/mol. The van der Waals surface area contributed by atoms with Gasteiger partial charge in [-0.1, -0.05) is 13.8 Å². The Morgan fingerprint density at radius 3 is 2.72 bits per heavy atom. The maximum Gasteiger partial charge on any atom is 0.230 e. The number of Topliss-reactive ketones (excluding diaryl/α,β-unsaturated/α-hetero) is 1. The summed E-state index contributed by atoms with van der Waals surface area (Å²) in [5.74, 6) is 1.77. The van der Waals surface area contributed by atoms with Gasteiger partial charge in [-0.05, 0) is 19.1 Å². The van der Waals surface area contributed by atoms with Crippen molar-refractivity contribution >= 4 is 11.7 Å². The monoisotopic (exact) mass is 249 g/mol. The van der Waals surface area contributed by atoms with Gasteiger partial charge in [0, 0.05) is 24.9 Å². The molecule has 0 unspecified atom stereocenters.